The van der Waals surface area contributed by atoms with Gasteiger partial charge in [0.1, 0.15) is 6.61 Å². The maximum absolute atomic E-state index is 11.3. The van der Waals surface area contributed by atoms with E-state index in [1.807, 2.05) is 19.0 Å². The smallest absolute Gasteiger partial charge is 0.333 e. The predicted molar refractivity (Wildman–Crippen MR) is 58.5 cm³/mol. The molecule has 0 atom stereocenters. The molecule has 84 valence electrons. The number of carbonyl (C=O) groups is 2. The lowest BCUT2D eigenvalue weighted by Crippen LogP contribution is -2.20. The zero-order chi connectivity index (χ0) is 11.8. The van der Waals surface area contributed by atoms with Crippen LogP contribution in [0.4, 0.5) is 0 Å². The lowest BCUT2D eigenvalue weighted by molar-refractivity contribution is -0.139. The number of carbonyl (C=O) groups excluding carboxylic acids is 2. The fraction of sp³-hybridized carbons (Fsp3) is 0.455. The maximum Gasteiger partial charge on any atom is 0.333 e. The van der Waals surface area contributed by atoms with Crippen molar-refractivity contribution in [2.75, 3.05) is 27.2 Å². The van der Waals surface area contributed by atoms with Crippen LogP contribution in [0.25, 0.3) is 0 Å². The van der Waals surface area contributed by atoms with Crippen LogP contribution in [0.1, 0.15) is 6.92 Å². The molecule has 0 radical (unpaired) electrons. The number of esters is 1. The van der Waals surface area contributed by atoms with Crippen molar-refractivity contribution in [2.45, 2.75) is 6.92 Å². The van der Waals surface area contributed by atoms with E-state index in [9.17, 15) is 9.59 Å². The van der Waals surface area contributed by atoms with Crippen LogP contribution < -0.4 is 0 Å². The highest BCUT2D eigenvalue weighted by Gasteiger charge is 2.06. The van der Waals surface area contributed by atoms with E-state index in [4.69, 9.17) is 4.74 Å². The standard InChI is InChI=1S/C11H17NO3/c1-5-10(13)8-9(2)11(14)15-7-6-12(3)4/h5,8H,1,6-7H2,2-4H3. The molecule has 15 heavy (non-hydrogen) atoms. The minimum atomic E-state index is -0.466. The number of ether oxygens (including phenoxy) is 1. The van der Waals surface area contributed by atoms with E-state index in [1.54, 1.807) is 6.92 Å². The molecule has 0 amide bonds. The lowest BCUT2D eigenvalue weighted by Gasteiger charge is -2.09. The Hall–Kier alpha value is -1.42. The molecule has 0 rings (SSSR count). The molecule has 0 saturated heterocycles. The van der Waals surface area contributed by atoms with E-state index in [-0.39, 0.29) is 5.78 Å². The van der Waals surface area contributed by atoms with E-state index in [0.717, 1.165) is 6.08 Å². The van der Waals surface area contributed by atoms with E-state index < -0.39 is 5.97 Å². The molecule has 0 aliphatic carbocycles. The lowest BCUT2D eigenvalue weighted by atomic mass is 10.2. The normalized spacial score (nSPS) is 11.3. The highest BCUT2D eigenvalue weighted by atomic mass is 16.5. The molecule has 0 aliphatic heterocycles. The molecule has 0 heterocycles. The molecule has 0 unspecified atom stereocenters. The fourth-order valence-electron chi connectivity index (χ4n) is 0.766. The van der Waals surface area contributed by atoms with Gasteiger partial charge < -0.3 is 9.64 Å². The summed E-state index contributed by atoms with van der Waals surface area (Å²) in [6.07, 6.45) is 2.36. The Bertz CT molecular complexity index is 280. The first kappa shape index (κ1) is 13.6. The molecule has 0 N–H and O–H groups in total. The predicted octanol–water partition coefficient (Wildman–Crippen LogP) is 0.793. The summed E-state index contributed by atoms with van der Waals surface area (Å²) in [5.41, 5.74) is 0.290. The number of likely N-dealkylation sites (N-methyl/N-ethyl adjacent to an activating group) is 1. The molecule has 4 nitrogen and oxygen atoms in total. The van der Waals surface area contributed by atoms with Gasteiger partial charge in [0.05, 0.1) is 0 Å². The minimum Gasteiger partial charge on any atom is -0.461 e. The average molecular weight is 211 g/mol. The number of nitrogens with zero attached hydrogens (tertiary/aromatic N) is 1. The third-order valence-corrected chi connectivity index (χ3v) is 1.65. The summed E-state index contributed by atoms with van der Waals surface area (Å²) < 4.78 is 4.92. The monoisotopic (exact) mass is 211 g/mol. The second-order valence-corrected chi connectivity index (χ2v) is 3.37. The van der Waals surface area contributed by atoms with Crippen molar-refractivity contribution in [1.82, 2.24) is 4.90 Å². The first-order valence-corrected chi connectivity index (χ1v) is 4.64. The van der Waals surface area contributed by atoms with Crippen LogP contribution in [0.5, 0.6) is 0 Å². The molecule has 0 aromatic heterocycles. The Morgan fingerprint density at radius 1 is 1.40 bits per heavy atom. The summed E-state index contributed by atoms with van der Waals surface area (Å²) in [5.74, 6) is -0.760. The molecule has 4 heteroatoms. The maximum atomic E-state index is 11.3. The van der Waals surface area contributed by atoms with Crippen molar-refractivity contribution in [3.8, 4) is 0 Å². The summed E-state index contributed by atoms with van der Waals surface area (Å²) in [7, 11) is 3.77. The van der Waals surface area contributed by atoms with E-state index in [2.05, 4.69) is 6.58 Å². The van der Waals surface area contributed by atoms with Crippen LogP contribution in [0.3, 0.4) is 0 Å². The van der Waals surface area contributed by atoms with Crippen LogP contribution in [-0.2, 0) is 14.3 Å². The molecule has 0 saturated carbocycles. The van der Waals surface area contributed by atoms with Crippen LogP contribution in [0.15, 0.2) is 24.3 Å². The van der Waals surface area contributed by atoms with Gasteiger partial charge in [0.15, 0.2) is 5.78 Å². The van der Waals surface area contributed by atoms with E-state index >= 15 is 0 Å². The summed E-state index contributed by atoms with van der Waals surface area (Å²) >= 11 is 0. The van der Waals surface area contributed by atoms with Crippen LogP contribution in [0, 0.1) is 0 Å². The van der Waals surface area contributed by atoms with E-state index in [0.29, 0.717) is 18.7 Å². The summed E-state index contributed by atoms with van der Waals surface area (Å²) in [5, 5.41) is 0. The number of ketones is 1. The Morgan fingerprint density at radius 3 is 2.47 bits per heavy atom. The fourth-order valence-corrected chi connectivity index (χ4v) is 0.766. The van der Waals surface area contributed by atoms with Crippen molar-refractivity contribution in [3.63, 3.8) is 0 Å². The Kier molecular flexibility index (Phi) is 6.29. The molecule has 0 fully saturated rings. The second kappa shape index (κ2) is 6.95. The van der Waals surface area contributed by atoms with Crippen LogP contribution >= 0.6 is 0 Å². The van der Waals surface area contributed by atoms with Gasteiger partial charge in [-0.2, -0.15) is 0 Å². The van der Waals surface area contributed by atoms with E-state index in [1.165, 1.54) is 6.08 Å². The molecular formula is C11H17NO3. The molecule has 0 aliphatic rings. The molecule has 0 bridgehead atoms. The molecule has 0 aromatic carbocycles. The molecule has 0 aromatic rings. The van der Waals surface area contributed by atoms with Gasteiger partial charge in [0.2, 0.25) is 0 Å². The van der Waals surface area contributed by atoms with Crippen LogP contribution in [0.2, 0.25) is 0 Å². The first-order chi connectivity index (χ1) is 6.97. The third-order valence-electron chi connectivity index (χ3n) is 1.65. The molecule has 0 spiro atoms. The number of hydrogen-bond donors (Lipinski definition) is 0. The van der Waals surface area contributed by atoms with Crippen molar-refractivity contribution in [2.24, 2.45) is 0 Å². The van der Waals surface area contributed by atoms with Crippen molar-refractivity contribution in [3.05, 3.63) is 24.3 Å². The average Bonchev–Trinajstić information content (AvgIpc) is 2.16. The van der Waals surface area contributed by atoms with Crippen molar-refractivity contribution < 1.29 is 14.3 Å². The number of hydrogen-bond acceptors (Lipinski definition) is 4. The molecular weight excluding hydrogens is 194 g/mol. The highest BCUT2D eigenvalue weighted by molar-refractivity contribution is 6.04. The van der Waals surface area contributed by atoms with Gasteiger partial charge in [-0.05, 0) is 33.2 Å². The van der Waals surface area contributed by atoms with Gasteiger partial charge in [-0.25, -0.2) is 4.79 Å². The Labute approximate surface area is 90.2 Å². The summed E-state index contributed by atoms with van der Waals surface area (Å²) in [6, 6.07) is 0. The highest BCUT2D eigenvalue weighted by Crippen LogP contribution is 1.97. The van der Waals surface area contributed by atoms with Crippen molar-refractivity contribution in [1.29, 1.82) is 0 Å². The van der Waals surface area contributed by atoms with Gasteiger partial charge in [0, 0.05) is 12.1 Å². The van der Waals surface area contributed by atoms with Gasteiger partial charge in [-0.3, -0.25) is 4.79 Å². The quantitative estimate of drug-likeness (QED) is 0.481. The van der Waals surface area contributed by atoms with Gasteiger partial charge in [0.25, 0.3) is 0 Å². The summed E-state index contributed by atoms with van der Waals surface area (Å²) in [4.78, 5) is 24.1. The topological polar surface area (TPSA) is 46.6 Å². The summed E-state index contributed by atoms with van der Waals surface area (Å²) in [6.45, 7) is 5.83. The number of allylic oxidation sites excluding steroid dienone is 2. The van der Waals surface area contributed by atoms with Gasteiger partial charge >= 0.3 is 5.97 Å². The third kappa shape index (κ3) is 6.62. The number of rotatable bonds is 6. The first-order valence-electron chi connectivity index (χ1n) is 4.64. The zero-order valence-electron chi connectivity index (χ0n) is 9.45. The van der Waals surface area contributed by atoms with Gasteiger partial charge in [-0.15, -0.1) is 0 Å². The zero-order valence-corrected chi connectivity index (χ0v) is 9.45. The van der Waals surface area contributed by atoms with Crippen molar-refractivity contribution >= 4 is 11.8 Å². The largest absolute Gasteiger partial charge is 0.461 e. The minimum absolute atomic E-state index is 0.290. The van der Waals surface area contributed by atoms with Crippen LogP contribution in [-0.4, -0.2) is 43.9 Å². The Balaban J connectivity index is 4.05. The van der Waals surface area contributed by atoms with Gasteiger partial charge in [-0.1, -0.05) is 6.58 Å². The SMILES string of the molecule is C=CC(=O)C=C(C)C(=O)OCCN(C)C. The Morgan fingerprint density at radius 2 is 2.00 bits per heavy atom. The second-order valence-electron chi connectivity index (χ2n) is 3.37.